The summed E-state index contributed by atoms with van der Waals surface area (Å²) in [6.07, 6.45) is 4.05. The first-order valence-electron chi connectivity index (χ1n) is 8.59. The smallest absolute Gasteiger partial charge is 0.316 e. The number of likely N-dealkylation sites (N-methyl/N-ethyl adjacent to an activating group) is 1. The molecule has 1 aromatic rings. The highest BCUT2D eigenvalue weighted by Gasteiger charge is 2.44. The topological polar surface area (TPSA) is 29.5 Å². The third-order valence-corrected chi connectivity index (χ3v) is 4.95. The van der Waals surface area contributed by atoms with E-state index in [9.17, 15) is 4.79 Å². The number of benzene rings is 1. The second-order valence-electron chi connectivity index (χ2n) is 6.32. The Morgan fingerprint density at radius 1 is 1.23 bits per heavy atom. The van der Waals surface area contributed by atoms with Crippen LogP contribution < -0.4 is 0 Å². The molecular weight excluding hydrogens is 274 g/mol. The highest BCUT2D eigenvalue weighted by atomic mass is 16.5. The van der Waals surface area contributed by atoms with Gasteiger partial charge in [-0.3, -0.25) is 4.79 Å². The molecule has 1 aromatic carbocycles. The number of hydrogen-bond donors (Lipinski definition) is 0. The molecule has 0 radical (unpaired) electrons. The van der Waals surface area contributed by atoms with Crippen molar-refractivity contribution in [3.05, 3.63) is 35.4 Å². The monoisotopic (exact) mass is 303 g/mol. The Kier molecular flexibility index (Phi) is 6.01. The van der Waals surface area contributed by atoms with Gasteiger partial charge in [0.15, 0.2) is 0 Å². The zero-order chi connectivity index (χ0) is 16.0. The fourth-order valence-corrected chi connectivity index (χ4v) is 3.48. The average Bonchev–Trinajstić information content (AvgIpc) is 3.02. The molecule has 22 heavy (non-hydrogen) atoms. The molecule has 0 spiro atoms. The van der Waals surface area contributed by atoms with Crippen LogP contribution in [0.3, 0.4) is 0 Å². The summed E-state index contributed by atoms with van der Waals surface area (Å²) in [4.78, 5) is 15.1. The lowest BCUT2D eigenvalue weighted by Gasteiger charge is -2.28. The Labute approximate surface area is 134 Å². The number of nitrogens with zero attached hydrogens (tertiary/aromatic N) is 1. The molecule has 0 atom stereocenters. The van der Waals surface area contributed by atoms with E-state index in [1.54, 1.807) is 0 Å². The van der Waals surface area contributed by atoms with Gasteiger partial charge in [0, 0.05) is 6.54 Å². The van der Waals surface area contributed by atoms with Gasteiger partial charge in [-0.05, 0) is 38.4 Å². The lowest BCUT2D eigenvalue weighted by molar-refractivity contribution is -0.151. The molecular formula is C19H29NO2. The SMILES string of the molecule is CCN(CC)CCOC(=O)C1(c2cccc(C)c2)CCCC1. The summed E-state index contributed by atoms with van der Waals surface area (Å²) in [5.74, 6) is -0.0252. The summed E-state index contributed by atoms with van der Waals surface area (Å²) in [7, 11) is 0. The van der Waals surface area contributed by atoms with Gasteiger partial charge in [-0.2, -0.15) is 0 Å². The fourth-order valence-electron chi connectivity index (χ4n) is 3.48. The maximum absolute atomic E-state index is 12.8. The van der Waals surface area contributed by atoms with Crippen molar-refractivity contribution >= 4 is 5.97 Å². The van der Waals surface area contributed by atoms with Crippen molar-refractivity contribution in [3.63, 3.8) is 0 Å². The standard InChI is InChI=1S/C19H29NO2/c1-4-20(5-2)13-14-22-18(21)19(11-6-7-12-19)17-10-8-9-16(3)15-17/h8-10,15H,4-7,11-14H2,1-3H3. The molecule has 2 rings (SSSR count). The molecule has 1 aliphatic rings. The van der Waals surface area contributed by atoms with E-state index in [0.29, 0.717) is 6.61 Å². The molecule has 0 heterocycles. The molecule has 1 saturated carbocycles. The second-order valence-corrected chi connectivity index (χ2v) is 6.32. The minimum atomic E-state index is -0.407. The number of carbonyl (C=O) groups excluding carboxylic acids is 1. The Morgan fingerprint density at radius 2 is 1.91 bits per heavy atom. The van der Waals surface area contributed by atoms with Crippen molar-refractivity contribution in [2.75, 3.05) is 26.2 Å². The number of aryl methyl sites for hydroxylation is 1. The van der Waals surface area contributed by atoms with Gasteiger partial charge in [0.2, 0.25) is 0 Å². The third-order valence-electron chi connectivity index (χ3n) is 4.95. The average molecular weight is 303 g/mol. The van der Waals surface area contributed by atoms with E-state index in [2.05, 4.69) is 43.9 Å². The lowest BCUT2D eigenvalue weighted by atomic mass is 9.78. The first kappa shape index (κ1) is 17.0. The van der Waals surface area contributed by atoms with Crippen molar-refractivity contribution in [1.29, 1.82) is 0 Å². The minimum absolute atomic E-state index is 0.0252. The Bertz CT molecular complexity index is 488. The van der Waals surface area contributed by atoms with Gasteiger partial charge in [-0.1, -0.05) is 56.5 Å². The molecule has 0 amide bonds. The molecule has 0 N–H and O–H groups in total. The maximum atomic E-state index is 12.8. The lowest BCUT2D eigenvalue weighted by Crippen LogP contribution is -2.37. The van der Waals surface area contributed by atoms with E-state index in [0.717, 1.165) is 50.9 Å². The van der Waals surface area contributed by atoms with Crippen LogP contribution >= 0.6 is 0 Å². The number of carbonyl (C=O) groups is 1. The predicted octanol–water partition coefficient (Wildman–Crippen LogP) is 3.69. The summed E-state index contributed by atoms with van der Waals surface area (Å²) < 4.78 is 5.68. The van der Waals surface area contributed by atoms with Crippen LogP contribution in [-0.4, -0.2) is 37.1 Å². The Morgan fingerprint density at radius 3 is 2.50 bits per heavy atom. The van der Waals surface area contributed by atoms with E-state index in [4.69, 9.17) is 4.74 Å². The van der Waals surface area contributed by atoms with Crippen molar-refractivity contribution in [2.45, 2.75) is 51.9 Å². The predicted molar refractivity (Wildman–Crippen MR) is 90.1 cm³/mol. The van der Waals surface area contributed by atoms with Gasteiger partial charge < -0.3 is 9.64 Å². The van der Waals surface area contributed by atoms with E-state index < -0.39 is 5.41 Å². The molecule has 1 aliphatic carbocycles. The number of ether oxygens (including phenoxy) is 1. The van der Waals surface area contributed by atoms with Crippen LogP contribution in [0.4, 0.5) is 0 Å². The molecule has 3 heteroatoms. The second kappa shape index (κ2) is 7.77. The molecule has 0 unspecified atom stereocenters. The molecule has 0 bridgehead atoms. The number of esters is 1. The molecule has 3 nitrogen and oxygen atoms in total. The molecule has 122 valence electrons. The highest BCUT2D eigenvalue weighted by molar-refractivity contribution is 5.83. The largest absolute Gasteiger partial charge is 0.464 e. The summed E-state index contributed by atoms with van der Waals surface area (Å²) in [5, 5.41) is 0. The van der Waals surface area contributed by atoms with E-state index in [1.807, 2.05) is 6.07 Å². The number of hydrogen-bond acceptors (Lipinski definition) is 3. The summed E-state index contributed by atoms with van der Waals surface area (Å²) in [5.41, 5.74) is 1.94. The highest BCUT2D eigenvalue weighted by Crippen LogP contribution is 2.42. The van der Waals surface area contributed by atoms with Crippen molar-refractivity contribution in [1.82, 2.24) is 4.90 Å². The zero-order valence-corrected chi connectivity index (χ0v) is 14.2. The van der Waals surface area contributed by atoms with Crippen LogP contribution in [0.25, 0.3) is 0 Å². The molecule has 1 fully saturated rings. The Hall–Kier alpha value is -1.35. The fraction of sp³-hybridized carbons (Fsp3) is 0.632. The first-order chi connectivity index (χ1) is 10.6. The summed E-state index contributed by atoms with van der Waals surface area (Å²) in [6, 6.07) is 8.37. The van der Waals surface area contributed by atoms with Gasteiger partial charge >= 0.3 is 5.97 Å². The zero-order valence-electron chi connectivity index (χ0n) is 14.2. The first-order valence-corrected chi connectivity index (χ1v) is 8.59. The normalized spacial score (nSPS) is 16.9. The van der Waals surface area contributed by atoms with Crippen molar-refractivity contribution in [2.24, 2.45) is 0 Å². The van der Waals surface area contributed by atoms with Gasteiger partial charge in [-0.15, -0.1) is 0 Å². The quantitative estimate of drug-likeness (QED) is 0.719. The van der Waals surface area contributed by atoms with Gasteiger partial charge in [0.05, 0.1) is 5.41 Å². The maximum Gasteiger partial charge on any atom is 0.316 e. The van der Waals surface area contributed by atoms with Crippen LogP contribution in [0, 0.1) is 6.92 Å². The van der Waals surface area contributed by atoms with Crippen molar-refractivity contribution < 1.29 is 9.53 Å². The van der Waals surface area contributed by atoms with Crippen molar-refractivity contribution in [3.8, 4) is 0 Å². The van der Waals surface area contributed by atoms with Crippen LogP contribution in [0.2, 0.25) is 0 Å². The third kappa shape index (κ3) is 3.70. The van der Waals surface area contributed by atoms with Gasteiger partial charge in [0.1, 0.15) is 6.61 Å². The molecule has 0 aliphatic heterocycles. The van der Waals surface area contributed by atoms with Gasteiger partial charge in [-0.25, -0.2) is 0 Å². The van der Waals surface area contributed by atoms with E-state index in [-0.39, 0.29) is 5.97 Å². The molecule has 0 saturated heterocycles. The Balaban J connectivity index is 2.06. The number of rotatable bonds is 7. The van der Waals surface area contributed by atoms with Crippen LogP contribution in [-0.2, 0) is 14.9 Å². The molecule has 0 aromatic heterocycles. The van der Waals surface area contributed by atoms with E-state index in [1.165, 1.54) is 5.56 Å². The summed E-state index contributed by atoms with van der Waals surface area (Å²) in [6.45, 7) is 9.66. The summed E-state index contributed by atoms with van der Waals surface area (Å²) >= 11 is 0. The van der Waals surface area contributed by atoms with E-state index >= 15 is 0 Å². The van der Waals surface area contributed by atoms with Crippen LogP contribution in [0.5, 0.6) is 0 Å². The minimum Gasteiger partial charge on any atom is -0.464 e. The van der Waals surface area contributed by atoms with Crippen LogP contribution in [0.1, 0.15) is 50.7 Å². The van der Waals surface area contributed by atoms with Gasteiger partial charge in [0.25, 0.3) is 0 Å². The van der Waals surface area contributed by atoms with Crippen LogP contribution in [0.15, 0.2) is 24.3 Å².